The fourth-order valence-corrected chi connectivity index (χ4v) is 3.96. The molecule has 4 nitrogen and oxygen atoms in total. The Hall–Kier alpha value is -0.610. The molecule has 0 aromatic heterocycles. The zero-order valence-electron chi connectivity index (χ0n) is 9.78. The second-order valence-electron chi connectivity index (χ2n) is 6.02. The molecule has 16 heavy (non-hydrogen) atoms. The molecule has 3 unspecified atom stereocenters. The van der Waals surface area contributed by atoms with E-state index in [4.69, 9.17) is 10.8 Å². The van der Waals surface area contributed by atoms with Gasteiger partial charge in [0.2, 0.25) is 0 Å². The van der Waals surface area contributed by atoms with E-state index in [-0.39, 0.29) is 5.41 Å². The molecule has 2 aliphatic rings. The van der Waals surface area contributed by atoms with Crippen LogP contribution in [-0.4, -0.2) is 27.8 Å². The lowest BCUT2D eigenvalue weighted by Gasteiger charge is -2.52. The number of aliphatic carboxylic acids is 1. The fourth-order valence-electron chi connectivity index (χ4n) is 3.96. The highest BCUT2D eigenvalue weighted by atomic mass is 16.4. The molecule has 4 heteroatoms. The first kappa shape index (κ1) is 11.9. The molecule has 0 aromatic carbocycles. The van der Waals surface area contributed by atoms with Crippen LogP contribution in [0.5, 0.6) is 0 Å². The van der Waals surface area contributed by atoms with Crippen molar-refractivity contribution in [2.24, 2.45) is 17.1 Å². The zero-order valence-corrected chi connectivity index (χ0v) is 9.78. The first-order valence-corrected chi connectivity index (χ1v) is 6.05. The number of carboxylic acid groups (broad SMARTS) is 1. The maximum absolute atomic E-state index is 11.1. The molecule has 0 radical (unpaired) electrons. The van der Waals surface area contributed by atoms with Gasteiger partial charge in [0.15, 0.2) is 0 Å². The zero-order chi connectivity index (χ0) is 12.0. The summed E-state index contributed by atoms with van der Waals surface area (Å²) in [7, 11) is 0. The van der Waals surface area contributed by atoms with Crippen molar-refractivity contribution in [3.63, 3.8) is 0 Å². The third kappa shape index (κ3) is 1.96. The van der Waals surface area contributed by atoms with Crippen molar-refractivity contribution in [2.75, 3.05) is 0 Å². The molecule has 2 fully saturated rings. The highest BCUT2D eigenvalue weighted by Crippen LogP contribution is 2.53. The van der Waals surface area contributed by atoms with Gasteiger partial charge >= 0.3 is 5.97 Å². The summed E-state index contributed by atoms with van der Waals surface area (Å²) >= 11 is 0. The highest BCUT2D eigenvalue weighted by molar-refractivity contribution is 5.74. The topological polar surface area (TPSA) is 83.5 Å². The van der Waals surface area contributed by atoms with Crippen molar-refractivity contribution in [3.05, 3.63) is 0 Å². The van der Waals surface area contributed by atoms with E-state index in [0.29, 0.717) is 12.3 Å². The van der Waals surface area contributed by atoms with Gasteiger partial charge in [0.1, 0.15) is 6.04 Å². The molecular formula is C12H21NO3. The summed E-state index contributed by atoms with van der Waals surface area (Å²) in [5.74, 6) is -0.485. The minimum atomic E-state index is -0.932. The molecule has 2 saturated carbocycles. The van der Waals surface area contributed by atoms with E-state index in [2.05, 4.69) is 0 Å². The molecule has 0 heterocycles. The predicted octanol–water partition coefficient (Wildman–Crippen LogP) is 1.12. The van der Waals surface area contributed by atoms with Crippen molar-refractivity contribution in [2.45, 2.75) is 57.1 Å². The van der Waals surface area contributed by atoms with E-state index in [0.717, 1.165) is 32.1 Å². The van der Waals surface area contributed by atoms with Crippen LogP contribution >= 0.6 is 0 Å². The molecule has 0 aromatic rings. The molecule has 2 rings (SSSR count). The predicted molar refractivity (Wildman–Crippen MR) is 59.9 cm³/mol. The second-order valence-corrected chi connectivity index (χ2v) is 6.02. The molecule has 4 atom stereocenters. The lowest BCUT2D eigenvalue weighted by molar-refractivity contribution is -0.149. The average molecular weight is 227 g/mol. The average Bonchev–Trinajstić information content (AvgIpc) is 2.13. The summed E-state index contributed by atoms with van der Waals surface area (Å²) in [6, 6.07) is -0.831. The van der Waals surface area contributed by atoms with E-state index in [1.807, 2.05) is 6.92 Å². The minimum Gasteiger partial charge on any atom is -0.480 e. The number of carboxylic acids is 1. The van der Waals surface area contributed by atoms with Gasteiger partial charge in [-0.1, -0.05) is 12.8 Å². The lowest BCUT2D eigenvalue weighted by atomic mass is 9.55. The van der Waals surface area contributed by atoms with Crippen LogP contribution in [0.2, 0.25) is 0 Å². The van der Waals surface area contributed by atoms with Gasteiger partial charge < -0.3 is 15.9 Å². The van der Waals surface area contributed by atoms with E-state index in [9.17, 15) is 9.90 Å². The van der Waals surface area contributed by atoms with Crippen LogP contribution in [-0.2, 0) is 4.79 Å². The molecule has 92 valence electrons. The first-order chi connectivity index (χ1) is 7.35. The molecular weight excluding hydrogens is 206 g/mol. The molecule has 4 N–H and O–H groups in total. The normalized spacial score (nSPS) is 45.1. The van der Waals surface area contributed by atoms with Gasteiger partial charge in [-0.2, -0.15) is 0 Å². The highest BCUT2D eigenvalue weighted by Gasteiger charge is 2.52. The number of fused-ring (bicyclic) bond motifs is 2. The van der Waals surface area contributed by atoms with Crippen LogP contribution in [0.4, 0.5) is 0 Å². The van der Waals surface area contributed by atoms with Crippen LogP contribution in [0.1, 0.15) is 45.4 Å². The van der Waals surface area contributed by atoms with Crippen molar-refractivity contribution < 1.29 is 15.0 Å². The minimum absolute atomic E-state index is 0.378. The number of hydrogen-bond acceptors (Lipinski definition) is 3. The standard InChI is InChI=1S/C12H21NO3/c1-11(16)5-8-3-2-4-12(6-8,7-11)9(13)10(14)15/h8-9,16H,2-7,13H2,1H3,(H,14,15)/t8?,9-,11?,12?/m1/s1. The third-order valence-corrected chi connectivity index (χ3v) is 4.37. The van der Waals surface area contributed by atoms with E-state index in [1.165, 1.54) is 0 Å². The van der Waals surface area contributed by atoms with Crippen molar-refractivity contribution in [3.8, 4) is 0 Å². The first-order valence-electron chi connectivity index (χ1n) is 6.05. The molecule has 0 spiro atoms. The van der Waals surface area contributed by atoms with Gasteiger partial charge in [0.05, 0.1) is 5.60 Å². The van der Waals surface area contributed by atoms with Crippen LogP contribution in [0.3, 0.4) is 0 Å². The summed E-state index contributed by atoms with van der Waals surface area (Å²) in [4.78, 5) is 11.1. The van der Waals surface area contributed by atoms with Crippen molar-refractivity contribution in [1.82, 2.24) is 0 Å². The summed E-state index contributed by atoms with van der Waals surface area (Å²) in [5.41, 5.74) is 4.73. The van der Waals surface area contributed by atoms with E-state index in [1.54, 1.807) is 0 Å². The Morgan fingerprint density at radius 2 is 2.19 bits per heavy atom. The molecule has 0 amide bonds. The number of hydrogen-bond donors (Lipinski definition) is 3. The van der Waals surface area contributed by atoms with Crippen LogP contribution in [0, 0.1) is 11.3 Å². The maximum Gasteiger partial charge on any atom is 0.321 e. The number of carbonyl (C=O) groups is 1. The Kier molecular flexibility index (Phi) is 2.75. The molecule has 2 bridgehead atoms. The van der Waals surface area contributed by atoms with Crippen LogP contribution in [0.25, 0.3) is 0 Å². The van der Waals surface area contributed by atoms with Crippen molar-refractivity contribution >= 4 is 5.97 Å². The smallest absolute Gasteiger partial charge is 0.321 e. The Morgan fingerprint density at radius 1 is 1.50 bits per heavy atom. The Bertz CT molecular complexity index is 303. The Balaban J connectivity index is 2.26. The van der Waals surface area contributed by atoms with Crippen molar-refractivity contribution in [1.29, 1.82) is 0 Å². The van der Waals surface area contributed by atoms with Gasteiger partial charge in [-0.15, -0.1) is 0 Å². The molecule has 0 saturated heterocycles. The van der Waals surface area contributed by atoms with Gasteiger partial charge in [0, 0.05) is 0 Å². The third-order valence-electron chi connectivity index (χ3n) is 4.37. The summed E-state index contributed by atoms with van der Waals surface area (Å²) < 4.78 is 0. The number of aliphatic hydroxyl groups is 1. The molecule has 0 aliphatic heterocycles. The van der Waals surface area contributed by atoms with E-state index >= 15 is 0 Å². The monoisotopic (exact) mass is 227 g/mol. The van der Waals surface area contributed by atoms with Gasteiger partial charge in [-0.25, -0.2) is 0 Å². The number of rotatable bonds is 2. The molecule has 2 aliphatic carbocycles. The fraction of sp³-hybridized carbons (Fsp3) is 0.917. The van der Waals surface area contributed by atoms with Crippen LogP contribution < -0.4 is 5.73 Å². The van der Waals surface area contributed by atoms with Gasteiger partial charge in [-0.05, 0) is 43.9 Å². The number of nitrogens with two attached hydrogens (primary N) is 1. The lowest BCUT2D eigenvalue weighted by Crippen LogP contribution is -2.56. The maximum atomic E-state index is 11.1. The second kappa shape index (κ2) is 3.70. The Morgan fingerprint density at radius 3 is 2.81 bits per heavy atom. The quantitative estimate of drug-likeness (QED) is 0.660. The van der Waals surface area contributed by atoms with Crippen LogP contribution in [0.15, 0.2) is 0 Å². The van der Waals surface area contributed by atoms with E-state index < -0.39 is 17.6 Å². The largest absolute Gasteiger partial charge is 0.480 e. The summed E-state index contributed by atoms with van der Waals surface area (Å²) in [5, 5.41) is 19.3. The Labute approximate surface area is 95.8 Å². The SMILES string of the molecule is CC1(O)CC2CCCC([C@H](N)C(=O)O)(C2)C1. The summed E-state index contributed by atoms with van der Waals surface area (Å²) in [6.07, 6.45) is 5.18. The van der Waals surface area contributed by atoms with Gasteiger partial charge in [-0.3, -0.25) is 4.79 Å². The van der Waals surface area contributed by atoms with Gasteiger partial charge in [0.25, 0.3) is 0 Å². The summed E-state index contributed by atoms with van der Waals surface area (Å²) in [6.45, 7) is 1.81.